The van der Waals surface area contributed by atoms with Crippen molar-refractivity contribution in [3.63, 3.8) is 0 Å². The zero-order valence-corrected chi connectivity index (χ0v) is 19.7. The highest BCUT2D eigenvalue weighted by Crippen LogP contribution is 2.32. The molecule has 0 unspecified atom stereocenters. The molecule has 4 N–H and O–H groups in total. The molecule has 1 aliphatic rings. The third-order valence-corrected chi connectivity index (χ3v) is 6.75. The first-order chi connectivity index (χ1) is 15.5. The number of hydrogen-bond acceptors (Lipinski definition) is 7. The minimum Gasteiger partial charge on any atom is -0.368 e. The summed E-state index contributed by atoms with van der Waals surface area (Å²) in [5.41, 5.74) is 7.68. The minimum atomic E-state index is -4.23. The van der Waals surface area contributed by atoms with E-state index in [-0.39, 0.29) is 41.5 Å². The molecular formula is C21H26BrF3N6O2. The molecule has 0 saturated heterocycles. The zero-order valence-electron chi connectivity index (χ0n) is 18.1. The molecule has 1 heterocycles. The third-order valence-electron chi connectivity index (χ3n) is 5.89. The van der Waals surface area contributed by atoms with E-state index < -0.39 is 17.6 Å². The molecule has 2 aromatic rings. The van der Waals surface area contributed by atoms with Crippen molar-refractivity contribution >= 4 is 33.4 Å². The van der Waals surface area contributed by atoms with Crippen LogP contribution in [-0.2, 0) is 6.42 Å². The highest BCUT2D eigenvalue weighted by Gasteiger charge is 2.30. The number of nitrogens with zero attached hydrogens (tertiary/aromatic N) is 3. The van der Waals surface area contributed by atoms with Crippen LogP contribution in [-0.4, -0.2) is 40.2 Å². The van der Waals surface area contributed by atoms with Gasteiger partial charge in [-0.05, 0) is 55.7 Å². The Labute approximate surface area is 197 Å². The lowest BCUT2D eigenvalue weighted by Crippen LogP contribution is -2.39. The second-order valence-corrected chi connectivity index (χ2v) is 9.13. The topological polar surface area (TPSA) is 119 Å². The first-order valence-electron chi connectivity index (χ1n) is 10.6. The molecule has 0 bridgehead atoms. The van der Waals surface area contributed by atoms with Crippen LogP contribution in [0, 0.1) is 23.0 Å². The molecular weight excluding hydrogens is 505 g/mol. The molecule has 3 rings (SSSR count). The van der Waals surface area contributed by atoms with Crippen molar-refractivity contribution in [2.75, 3.05) is 24.1 Å². The maximum atomic E-state index is 12.4. The van der Waals surface area contributed by atoms with Gasteiger partial charge in [0.1, 0.15) is 5.69 Å². The Balaban J connectivity index is 1.68. The van der Waals surface area contributed by atoms with Gasteiger partial charge in [0.25, 0.3) is 0 Å². The van der Waals surface area contributed by atoms with E-state index in [0.717, 1.165) is 15.6 Å². The van der Waals surface area contributed by atoms with Crippen LogP contribution < -0.4 is 16.4 Å². The van der Waals surface area contributed by atoms with Gasteiger partial charge in [0.05, 0.1) is 11.5 Å². The number of anilines is 2. The summed E-state index contributed by atoms with van der Waals surface area (Å²) in [6, 6.07) is 5.44. The number of halogens is 4. The van der Waals surface area contributed by atoms with Gasteiger partial charge in [-0.25, -0.2) is 4.98 Å². The lowest BCUT2D eigenvalue weighted by Gasteiger charge is -2.29. The molecule has 1 fully saturated rings. The number of hydrogen-bond donors (Lipinski definition) is 3. The fourth-order valence-electron chi connectivity index (χ4n) is 4.05. The summed E-state index contributed by atoms with van der Waals surface area (Å²) in [5, 5.41) is 17.5. The summed E-state index contributed by atoms with van der Waals surface area (Å²) in [5.74, 6) is 0.166. The Hall–Kier alpha value is -2.47. The second-order valence-electron chi connectivity index (χ2n) is 8.28. The van der Waals surface area contributed by atoms with Crippen molar-refractivity contribution < 1.29 is 18.1 Å². The lowest BCUT2D eigenvalue weighted by atomic mass is 9.86. The molecule has 12 heteroatoms. The summed E-state index contributed by atoms with van der Waals surface area (Å²) in [6.45, 7) is 1.33. The number of benzene rings is 1. The zero-order chi connectivity index (χ0) is 24.2. The van der Waals surface area contributed by atoms with E-state index in [9.17, 15) is 23.3 Å². The van der Waals surface area contributed by atoms with Crippen molar-refractivity contribution in [2.24, 2.45) is 5.92 Å². The number of nitrogens with two attached hydrogens (primary N) is 1. The number of rotatable bonds is 8. The molecule has 0 spiro atoms. The van der Waals surface area contributed by atoms with E-state index in [4.69, 9.17) is 5.73 Å². The van der Waals surface area contributed by atoms with Gasteiger partial charge >= 0.3 is 11.9 Å². The van der Waals surface area contributed by atoms with Gasteiger partial charge in [-0.2, -0.15) is 18.2 Å². The standard InChI is InChI=1S/C21H26BrF3N6O2/c1-12-14(3-2-4-16(12)22)9-17-18(31(32)33)19(30-20(26)29-17)27-10-13-5-7-15(8-6-13)28-11-21(23,24)25/h2-4,13,15,28H,5-11H2,1H3,(H3,26,27,29,30). The van der Waals surface area contributed by atoms with Gasteiger partial charge < -0.3 is 16.4 Å². The molecule has 0 radical (unpaired) electrons. The predicted molar refractivity (Wildman–Crippen MR) is 123 cm³/mol. The summed E-state index contributed by atoms with van der Waals surface area (Å²) in [4.78, 5) is 19.6. The van der Waals surface area contributed by atoms with Crippen LogP contribution in [0.3, 0.4) is 0 Å². The van der Waals surface area contributed by atoms with Crippen molar-refractivity contribution in [3.05, 3.63) is 49.6 Å². The largest absolute Gasteiger partial charge is 0.401 e. The number of aromatic nitrogens is 2. The van der Waals surface area contributed by atoms with Gasteiger partial charge in [0, 0.05) is 23.5 Å². The molecule has 0 atom stereocenters. The highest BCUT2D eigenvalue weighted by atomic mass is 79.9. The van der Waals surface area contributed by atoms with Crippen molar-refractivity contribution in [1.29, 1.82) is 0 Å². The average molecular weight is 531 g/mol. The first kappa shape index (κ1) is 25.2. The Kier molecular flexibility index (Phi) is 8.11. The van der Waals surface area contributed by atoms with E-state index in [1.807, 2.05) is 25.1 Å². The van der Waals surface area contributed by atoms with E-state index in [2.05, 4.69) is 36.5 Å². The van der Waals surface area contributed by atoms with Crippen LogP contribution in [0.15, 0.2) is 22.7 Å². The Bertz CT molecular complexity index is 997. The molecule has 180 valence electrons. The van der Waals surface area contributed by atoms with Crippen molar-refractivity contribution in [1.82, 2.24) is 15.3 Å². The van der Waals surface area contributed by atoms with Gasteiger partial charge in [-0.15, -0.1) is 0 Å². The van der Waals surface area contributed by atoms with E-state index in [1.54, 1.807) is 0 Å². The fraction of sp³-hybridized carbons (Fsp3) is 0.524. The summed E-state index contributed by atoms with van der Waals surface area (Å²) in [6.07, 6.45) is -1.36. The van der Waals surface area contributed by atoms with Crippen LogP contribution in [0.5, 0.6) is 0 Å². The molecule has 1 aromatic carbocycles. The monoisotopic (exact) mass is 530 g/mol. The number of nitro groups is 1. The van der Waals surface area contributed by atoms with Crippen molar-refractivity contribution in [3.8, 4) is 0 Å². The average Bonchev–Trinajstić information content (AvgIpc) is 2.73. The Morgan fingerprint density at radius 1 is 1.24 bits per heavy atom. The van der Waals surface area contributed by atoms with Crippen LogP contribution in [0.25, 0.3) is 0 Å². The van der Waals surface area contributed by atoms with Crippen LogP contribution in [0.4, 0.5) is 30.6 Å². The number of nitrogen functional groups attached to an aromatic ring is 1. The second kappa shape index (κ2) is 10.6. The smallest absolute Gasteiger partial charge is 0.368 e. The SMILES string of the molecule is Cc1c(Br)cccc1Cc1nc(N)nc(NCC2CCC(NCC(F)(F)F)CC2)c1[N+](=O)[O-]. The summed E-state index contributed by atoms with van der Waals surface area (Å²) < 4.78 is 38.1. The molecule has 0 amide bonds. The van der Waals surface area contributed by atoms with E-state index >= 15 is 0 Å². The van der Waals surface area contributed by atoms with Crippen molar-refractivity contribution in [2.45, 2.75) is 51.2 Å². The quantitative estimate of drug-likeness (QED) is 0.332. The van der Waals surface area contributed by atoms with Crippen LogP contribution in [0.2, 0.25) is 0 Å². The Morgan fingerprint density at radius 3 is 2.58 bits per heavy atom. The molecule has 1 aromatic heterocycles. The highest BCUT2D eigenvalue weighted by molar-refractivity contribution is 9.10. The molecule has 1 saturated carbocycles. The molecule has 8 nitrogen and oxygen atoms in total. The van der Waals surface area contributed by atoms with E-state index in [0.29, 0.717) is 32.2 Å². The molecule has 0 aliphatic heterocycles. The van der Waals surface area contributed by atoms with Gasteiger partial charge in [-0.1, -0.05) is 28.1 Å². The first-order valence-corrected chi connectivity index (χ1v) is 11.4. The van der Waals surface area contributed by atoms with E-state index in [1.165, 1.54) is 0 Å². The molecule has 33 heavy (non-hydrogen) atoms. The normalized spacial score (nSPS) is 18.8. The number of alkyl halides is 3. The summed E-state index contributed by atoms with van der Waals surface area (Å²) in [7, 11) is 0. The van der Waals surface area contributed by atoms with Gasteiger partial charge in [-0.3, -0.25) is 10.1 Å². The van der Waals surface area contributed by atoms with Gasteiger partial charge in [0.15, 0.2) is 0 Å². The minimum absolute atomic E-state index is 0.0625. The van der Waals surface area contributed by atoms with Gasteiger partial charge in [0.2, 0.25) is 11.8 Å². The predicted octanol–water partition coefficient (Wildman–Crippen LogP) is 4.75. The maximum absolute atomic E-state index is 12.4. The van der Waals surface area contributed by atoms with Crippen LogP contribution >= 0.6 is 15.9 Å². The summed E-state index contributed by atoms with van der Waals surface area (Å²) >= 11 is 3.46. The van der Waals surface area contributed by atoms with Crippen LogP contribution in [0.1, 0.15) is 42.5 Å². The third kappa shape index (κ3) is 7.00. The maximum Gasteiger partial charge on any atom is 0.401 e. The molecule has 1 aliphatic carbocycles. The fourth-order valence-corrected chi connectivity index (χ4v) is 4.46. The number of nitrogens with one attached hydrogen (secondary N) is 2. The lowest BCUT2D eigenvalue weighted by molar-refractivity contribution is -0.385. The Morgan fingerprint density at radius 2 is 1.94 bits per heavy atom.